The highest BCUT2D eigenvalue weighted by molar-refractivity contribution is 5.71. The second-order valence-electron chi connectivity index (χ2n) is 6.06. The number of carboxylic acid groups (broad SMARTS) is 1. The molecule has 0 radical (unpaired) electrons. The van der Waals surface area contributed by atoms with E-state index in [0.29, 0.717) is 36.7 Å². The number of aliphatic carboxylic acids is 1. The van der Waals surface area contributed by atoms with Crippen molar-refractivity contribution in [2.45, 2.75) is 31.7 Å². The van der Waals surface area contributed by atoms with E-state index in [0.717, 1.165) is 6.92 Å². The zero-order valence-electron chi connectivity index (χ0n) is 12.8. The van der Waals surface area contributed by atoms with Gasteiger partial charge in [-0.3, -0.25) is 4.79 Å². The smallest absolute Gasteiger partial charge is 0.307 e. The number of halogens is 2. The first-order valence-corrected chi connectivity index (χ1v) is 7.64. The van der Waals surface area contributed by atoms with Gasteiger partial charge in [0.15, 0.2) is 11.5 Å². The zero-order chi connectivity index (χ0) is 16.6. The van der Waals surface area contributed by atoms with Crippen LogP contribution < -0.4 is 14.8 Å². The molecular weight excluding hydrogens is 308 g/mol. The third-order valence-corrected chi connectivity index (χ3v) is 4.25. The van der Waals surface area contributed by atoms with Crippen LogP contribution >= 0.6 is 0 Å². The van der Waals surface area contributed by atoms with Crippen LogP contribution in [-0.2, 0) is 10.7 Å². The number of alkyl halides is 2. The predicted octanol–water partition coefficient (Wildman–Crippen LogP) is 2.69. The van der Waals surface area contributed by atoms with Crippen LogP contribution in [0.3, 0.4) is 0 Å². The van der Waals surface area contributed by atoms with Crippen molar-refractivity contribution in [3.05, 3.63) is 23.3 Å². The minimum Gasteiger partial charge on any atom is -0.490 e. The van der Waals surface area contributed by atoms with Gasteiger partial charge in [0.25, 0.3) is 5.92 Å². The van der Waals surface area contributed by atoms with Gasteiger partial charge in [0.05, 0.1) is 19.1 Å². The molecule has 7 heteroatoms. The van der Waals surface area contributed by atoms with E-state index in [9.17, 15) is 13.6 Å². The normalized spacial score (nSPS) is 24.3. The predicted molar refractivity (Wildman–Crippen MR) is 78.1 cm³/mol. The third kappa shape index (κ3) is 3.24. The van der Waals surface area contributed by atoms with Gasteiger partial charge in [0, 0.05) is 31.5 Å². The Labute approximate surface area is 132 Å². The van der Waals surface area contributed by atoms with E-state index in [4.69, 9.17) is 14.6 Å². The van der Waals surface area contributed by atoms with Crippen LogP contribution in [0.4, 0.5) is 8.78 Å². The standard InChI is InChI=1S/C16H19F2NO4/c1-16(17,18)11-7-14-13(22-3-2-4-23-14)6-10(11)12-5-9(8-19-12)15(20)21/h6-7,9,12,19H,2-5,8H2,1H3,(H,20,21). The molecule has 1 aromatic rings. The van der Waals surface area contributed by atoms with E-state index >= 15 is 0 Å². The first kappa shape index (κ1) is 16.0. The van der Waals surface area contributed by atoms with Gasteiger partial charge in [-0.25, -0.2) is 8.78 Å². The fourth-order valence-electron chi connectivity index (χ4n) is 3.05. The molecule has 0 aliphatic carbocycles. The van der Waals surface area contributed by atoms with E-state index in [2.05, 4.69) is 5.32 Å². The van der Waals surface area contributed by atoms with Crippen molar-refractivity contribution in [3.8, 4) is 11.5 Å². The topological polar surface area (TPSA) is 67.8 Å². The molecule has 126 valence electrons. The molecule has 0 amide bonds. The Morgan fingerprint density at radius 1 is 1.30 bits per heavy atom. The summed E-state index contributed by atoms with van der Waals surface area (Å²) in [5.74, 6) is -3.79. The van der Waals surface area contributed by atoms with Gasteiger partial charge >= 0.3 is 5.97 Å². The molecule has 0 bridgehead atoms. The lowest BCUT2D eigenvalue weighted by Gasteiger charge is -2.22. The molecule has 5 nitrogen and oxygen atoms in total. The molecule has 2 heterocycles. The Bertz CT molecular complexity index is 615. The van der Waals surface area contributed by atoms with Crippen molar-refractivity contribution in [1.82, 2.24) is 5.32 Å². The van der Waals surface area contributed by atoms with Crippen LogP contribution in [0, 0.1) is 5.92 Å². The van der Waals surface area contributed by atoms with Crippen LogP contribution in [0.1, 0.15) is 36.9 Å². The Morgan fingerprint density at radius 2 is 1.96 bits per heavy atom. The number of hydrogen-bond donors (Lipinski definition) is 2. The molecule has 2 N–H and O–H groups in total. The molecule has 1 fully saturated rings. The second kappa shape index (κ2) is 5.96. The van der Waals surface area contributed by atoms with Gasteiger partial charge in [-0.1, -0.05) is 0 Å². The van der Waals surface area contributed by atoms with Gasteiger partial charge in [-0.2, -0.15) is 0 Å². The fraction of sp³-hybridized carbons (Fsp3) is 0.562. The fourth-order valence-corrected chi connectivity index (χ4v) is 3.05. The highest BCUT2D eigenvalue weighted by Gasteiger charge is 2.37. The summed E-state index contributed by atoms with van der Waals surface area (Å²) in [6.45, 7) is 1.98. The maximum Gasteiger partial charge on any atom is 0.307 e. The number of hydrogen-bond acceptors (Lipinski definition) is 4. The molecule has 1 aromatic carbocycles. The first-order valence-electron chi connectivity index (χ1n) is 7.64. The number of carboxylic acids is 1. The van der Waals surface area contributed by atoms with E-state index in [-0.39, 0.29) is 18.5 Å². The van der Waals surface area contributed by atoms with Crippen molar-refractivity contribution in [2.75, 3.05) is 19.8 Å². The summed E-state index contributed by atoms with van der Waals surface area (Å²) >= 11 is 0. The summed E-state index contributed by atoms with van der Waals surface area (Å²) in [6.07, 6.45) is 0.961. The van der Waals surface area contributed by atoms with Gasteiger partial charge in [0.1, 0.15) is 0 Å². The number of ether oxygens (including phenoxy) is 2. The van der Waals surface area contributed by atoms with Crippen molar-refractivity contribution in [2.24, 2.45) is 5.92 Å². The van der Waals surface area contributed by atoms with Gasteiger partial charge in [-0.05, 0) is 24.1 Å². The van der Waals surface area contributed by atoms with Crippen LogP contribution in [-0.4, -0.2) is 30.8 Å². The van der Waals surface area contributed by atoms with Crippen molar-refractivity contribution < 1.29 is 28.2 Å². The number of nitrogens with one attached hydrogen (secondary N) is 1. The molecular formula is C16H19F2NO4. The Balaban J connectivity index is 2.01. The summed E-state index contributed by atoms with van der Waals surface area (Å²) in [4.78, 5) is 11.1. The molecule has 1 saturated heterocycles. The summed E-state index contributed by atoms with van der Waals surface area (Å²) in [5.41, 5.74) is 0.232. The zero-order valence-corrected chi connectivity index (χ0v) is 12.8. The van der Waals surface area contributed by atoms with Crippen LogP contribution in [0.5, 0.6) is 11.5 Å². The van der Waals surface area contributed by atoms with E-state index in [1.807, 2.05) is 0 Å². The van der Waals surface area contributed by atoms with E-state index in [1.54, 1.807) is 6.07 Å². The van der Waals surface area contributed by atoms with Crippen LogP contribution in [0.15, 0.2) is 12.1 Å². The lowest BCUT2D eigenvalue weighted by atomic mass is 9.93. The monoisotopic (exact) mass is 327 g/mol. The summed E-state index contributed by atoms with van der Waals surface area (Å²) < 4.78 is 39.2. The van der Waals surface area contributed by atoms with Gasteiger partial charge < -0.3 is 19.9 Å². The number of benzene rings is 1. The lowest BCUT2D eigenvalue weighted by Crippen LogP contribution is -2.20. The van der Waals surface area contributed by atoms with Crippen molar-refractivity contribution >= 4 is 5.97 Å². The lowest BCUT2D eigenvalue weighted by molar-refractivity contribution is -0.141. The molecule has 2 atom stereocenters. The molecule has 0 saturated carbocycles. The van der Waals surface area contributed by atoms with Gasteiger partial charge in [-0.15, -0.1) is 0 Å². The molecule has 3 rings (SSSR count). The first-order chi connectivity index (χ1) is 10.9. The molecule has 2 unspecified atom stereocenters. The summed E-state index contributed by atoms with van der Waals surface area (Å²) in [6, 6.07) is 2.45. The van der Waals surface area contributed by atoms with Crippen molar-refractivity contribution in [1.29, 1.82) is 0 Å². The maximum absolute atomic E-state index is 14.1. The Hall–Kier alpha value is -1.89. The summed E-state index contributed by atoms with van der Waals surface area (Å²) in [7, 11) is 0. The molecule has 0 aromatic heterocycles. The Morgan fingerprint density at radius 3 is 2.52 bits per heavy atom. The molecule has 2 aliphatic rings. The number of carbonyl (C=O) groups is 1. The average molecular weight is 327 g/mol. The summed E-state index contributed by atoms with van der Waals surface area (Å²) in [5, 5.41) is 12.1. The maximum atomic E-state index is 14.1. The largest absolute Gasteiger partial charge is 0.490 e. The Kier molecular flexibility index (Phi) is 4.14. The molecule has 2 aliphatic heterocycles. The average Bonchev–Trinajstić information content (AvgIpc) is 2.85. The van der Waals surface area contributed by atoms with Crippen LogP contribution in [0.2, 0.25) is 0 Å². The highest BCUT2D eigenvalue weighted by atomic mass is 19.3. The van der Waals surface area contributed by atoms with E-state index in [1.165, 1.54) is 6.07 Å². The van der Waals surface area contributed by atoms with Gasteiger partial charge in [0.2, 0.25) is 0 Å². The third-order valence-electron chi connectivity index (χ3n) is 4.25. The highest BCUT2D eigenvalue weighted by Crippen LogP contribution is 2.43. The minimum atomic E-state index is -3.05. The number of rotatable bonds is 3. The van der Waals surface area contributed by atoms with E-state index < -0.39 is 23.9 Å². The number of fused-ring (bicyclic) bond motifs is 1. The molecule has 23 heavy (non-hydrogen) atoms. The van der Waals surface area contributed by atoms with Crippen LogP contribution in [0.25, 0.3) is 0 Å². The minimum absolute atomic E-state index is 0.148. The second-order valence-corrected chi connectivity index (χ2v) is 6.06. The molecule has 0 spiro atoms. The van der Waals surface area contributed by atoms with Crippen molar-refractivity contribution in [3.63, 3.8) is 0 Å². The quantitative estimate of drug-likeness (QED) is 0.893. The SMILES string of the molecule is CC(F)(F)c1cc2c(cc1C1CC(C(=O)O)CN1)OCCCO2.